The minimum Gasteiger partial charge on any atom is -0.345 e. The molecule has 1 heterocycles. The Balaban J connectivity index is 2.21. The van der Waals surface area contributed by atoms with E-state index in [2.05, 4.69) is 24.3 Å². The lowest BCUT2D eigenvalue weighted by Crippen LogP contribution is -2.27. The largest absolute Gasteiger partial charge is 0.345 e. The van der Waals surface area contributed by atoms with Gasteiger partial charge < -0.3 is 5.32 Å². The summed E-state index contributed by atoms with van der Waals surface area (Å²) in [4.78, 5) is 12.6. The van der Waals surface area contributed by atoms with Crippen molar-refractivity contribution < 1.29 is 4.79 Å². The summed E-state index contributed by atoms with van der Waals surface area (Å²) in [5.41, 5.74) is 3.38. The van der Waals surface area contributed by atoms with Crippen LogP contribution in [0.3, 0.4) is 0 Å². The molecule has 1 aromatic carbocycles. The number of aromatic nitrogens is 2. The fourth-order valence-corrected chi connectivity index (χ4v) is 3.03. The first kappa shape index (κ1) is 17.5. The van der Waals surface area contributed by atoms with Gasteiger partial charge in [-0.15, -0.1) is 0 Å². The van der Waals surface area contributed by atoms with E-state index in [4.69, 9.17) is 11.6 Å². The highest BCUT2D eigenvalue weighted by Gasteiger charge is 2.22. The fraction of sp³-hybridized carbons (Fsp3) is 0.444. The van der Waals surface area contributed by atoms with Gasteiger partial charge in [0.2, 0.25) is 0 Å². The molecule has 1 atom stereocenters. The van der Waals surface area contributed by atoms with Crippen LogP contribution in [0.5, 0.6) is 0 Å². The van der Waals surface area contributed by atoms with E-state index in [0.29, 0.717) is 28.9 Å². The number of aryl methyl sites for hydroxylation is 2. The van der Waals surface area contributed by atoms with Crippen LogP contribution in [0.1, 0.15) is 54.0 Å². The molecule has 124 valence electrons. The number of nitrogens with one attached hydrogen (secondary N) is 1. The smallest absolute Gasteiger partial charge is 0.256 e. The Hall–Kier alpha value is -1.81. The van der Waals surface area contributed by atoms with E-state index >= 15 is 0 Å². The van der Waals surface area contributed by atoms with E-state index < -0.39 is 0 Å². The lowest BCUT2D eigenvalue weighted by Gasteiger charge is -2.16. The summed E-state index contributed by atoms with van der Waals surface area (Å²) < 4.78 is 1.70. The van der Waals surface area contributed by atoms with Crippen molar-refractivity contribution in [3.8, 4) is 0 Å². The number of rotatable bonds is 5. The van der Waals surface area contributed by atoms with E-state index in [1.165, 1.54) is 0 Å². The molecule has 0 saturated carbocycles. The summed E-state index contributed by atoms with van der Waals surface area (Å²) in [5.74, 6) is 0.229. The second-order valence-electron chi connectivity index (χ2n) is 6.38. The summed E-state index contributed by atoms with van der Waals surface area (Å²) in [6.45, 7) is 10.7. The third kappa shape index (κ3) is 3.94. The maximum atomic E-state index is 12.6. The molecule has 0 unspecified atom stereocenters. The molecule has 1 aromatic heterocycles. The summed E-state index contributed by atoms with van der Waals surface area (Å²) in [6.07, 6.45) is 0. The summed E-state index contributed by atoms with van der Waals surface area (Å²) in [6, 6.07) is 7.94. The summed E-state index contributed by atoms with van der Waals surface area (Å²) in [5, 5.41) is 7.83. The fourth-order valence-electron chi connectivity index (χ4n) is 2.70. The lowest BCUT2D eigenvalue weighted by molar-refractivity contribution is 0.0939. The number of nitrogens with zero attached hydrogens (tertiary/aromatic N) is 2. The Morgan fingerprint density at radius 3 is 2.52 bits per heavy atom. The van der Waals surface area contributed by atoms with Gasteiger partial charge in [0.15, 0.2) is 0 Å². The third-order valence-electron chi connectivity index (χ3n) is 3.83. The van der Waals surface area contributed by atoms with Gasteiger partial charge in [-0.1, -0.05) is 49.7 Å². The summed E-state index contributed by atoms with van der Waals surface area (Å²) >= 11 is 6.37. The summed E-state index contributed by atoms with van der Waals surface area (Å²) in [7, 11) is 0. The number of carbonyl (C=O) groups is 1. The van der Waals surface area contributed by atoms with Gasteiger partial charge in [-0.05, 0) is 37.8 Å². The van der Waals surface area contributed by atoms with Crippen molar-refractivity contribution in [2.24, 2.45) is 5.92 Å². The van der Waals surface area contributed by atoms with Gasteiger partial charge in [0, 0.05) is 6.54 Å². The first-order valence-corrected chi connectivity index (χ1v) is 8.28. The van der Waals surface area contributed by atoms with Crippen LogP contribution in [0.25, 0.3) is 0 Å². The minimum absolute atomic E-state index is 0.0902. The molecule has 0 spiro atoms. The number of amides is 1. The number of halogens is 1. The predicted molar refractivity (Wildman–Crippen MR) is 93.9 cm³/mol. The van der Waals surface area contributed by atoms with Crippen molar-refractivity contribution in [3.05, 3.63) is 51.8 Å². The van der Waals surface area contributed by atoms with Crippen LogP contribution in [0.4, 0.5) is 0 Å². The lowest BCUT2D eigenvalue weighted by atomic mass is 10.0. The first-order valence-electron chi connectivity index (χ1n) is 7.90. The topological polar surface area (TPSA) is 46.9 Å². The van der Waals surface area contributed by atoms with Crippen LogP contribution in [-0.4, -0.2) is 15.7 Å². The van der Waals surface area contributed by atoms with Gasteiger partial charge in [0.25, 0.3) is 5.91 Å². The molecule has 0 aliphatic heterocycles. The highest BCUT2D eigenvalue weighted by atomic mass is 35.5. The minimum atomic E-state index is -0.182. The highest BCUT2D eigenvalue weighted by Crippen LogP contribution is 2.23. The van der Waals surface area contributed by atoms with E-state index in [1.807, 2.05) is 45.0 Å². The van der Waals surface area contributed by atoms with Gasteiger partial charge >= 0.3 is 0 Å². The molecule has 1 amide bonds. The van der Waals surface area contributed by atoms with Crippen LogP contribution in [-0.2, 0) is 6.54 Å². The number of carbonyl (C=O) groups excluding carboxylic acids is 1. The molecule has 5 heteroatoms. The van der Waals surface area contributed by atoms with Crippen molar-refractivity contribution in [1.82, 2.24) is 15.1 Å². The average Bonchev–Trinajstić information content (AvgIpc) is 2.72. The molecule has 0 radical (unpaired) electrons. The second-order valence-corrected chi connectivity index (χ2v) is 6.74. The molecule has 2 aromatic rings. The maximum absolute atomic E-state index is 12.6. The van der Waals surface area contributed by atoms with Crippen LogP contribution in [0.2, 0.25) is 5.15 Å². The predicted octanol–water partition coefficient (Wildman–Crippen LogP) is 4.30. The number of hydrogen-bond donors (Lipinski definition) is 1. The zero-order valence-electron chi connectivity index (χ0n) is 14.4. The molecule has 0 bridgehead atoms. The number of benzene rings is 1. The molecule has 0 aliphatic carbocycles. The molecule has 0 saturated heterocycles. The van der Waals surface area contributed by atoms with Crippen molar-refractivity contribution in [1.29, 1.82) is 0 Å². The Morgan fingerprint density at radius 1 is 1.26 bits per heavy atom. The Bertz CT molecular complexity index is 706. The first-order chi connectivity index (χ1) is 10.8. The monoisotopic (exact) mass is 333 g/mol. The van der Waals surface area contributed by atoms with Crippen LogP contribution in [0.15, 0.2) is 24.3 Å². The number of hydrogen-bond acceptors (Lipinski definition) is 2. The van der Waals surface area contributed by atoms with Gasteiger partial charge in [0.1, 0.15) is 5.15 Å². The Labute approximate surface area is 142 Å². The molecule has 2 rings (SSSR count). The molecule has 1 N–H and O–H groups in total. The zero-order chi connectivity index (χ0) is 17.1. The van der Waals surface area contributed by atoms with Gasteiger partial charge in [-0.3, -0.25) is 9.48 Å². The Kier molecular flexibility index (Phi) is 5.47. The zero-order valence-corrected chi connectivity index (χ0v) is 15.1. The van der Waals surface area contributed by atoms with Crippen LogP contribution in [0, 0.1) is 19.8 Å². The van der Waals surface area contributed by atoms with Crippen LogP contribution >= 0.6 is 11.6 Å². The molecule has 0 fully saturated rings. The standard InChI is InChI=1S/C18H24ClN3O/c1-11(2)10-22-17(19)16(14(5)21-22)18(23)20-13(4)15-9-7-6-8-12(15)3/h6-9,11,13H,10H2,1-5H3,(H,20,23)/t13-/m0/s1. The van der Waals surface area contributed by atoms with E-state index in [0.717, 1.165) is 11.1 Å². The quantitative estimate of drug-likeness (QED) is 0.886. The van der Waals surface area contributed by atoms with Crippen molar-refractivity contribution in [3.63, 3.8) is 0 Å². The van der Waals surface area contributed by atoms with Crippen molar-refractivity contribution in [2.75, 3.05) is 0 Å². The van der Waals surface area contributed by atoms with Crippen molar-refractivity contribution in [2.45, 2.75) is 47.2 Å². The average molecular weight is 334 g/mol. The molecule has 23 heavy (non-hydrogen) atoms. The van der Waals surface area contributed by atoms with Gasteiger partial charge in [-0.2, -0.15) is 5.10 Å². The SMILES string of the molecule is Cc1ccccc1[C@H](C)NC(=O)c1c(C)nn(CC(C)C)c1Cl. The van der Waals surface area contributed by atoms with E-state index in [1.54, 1.807) is 4.68 Å². The van der Waals surface area contributed by atoms with Gasteiger partial charge in [0.05, 0.1) is 17.3 Å². The molecular formula is C18H24ClN3O. The highest BCUT2D eigenvalue weighted by molar-refractivity contribution is 6.33. The third-order valence-corrected chi connectivity index (χ3v) is 4.22. The normalized spacial score (nSPS) is 12.5. The van der Waals surface area contributed by atoms with E-state index in [-0.39, 0.29) is 11.9 Å². The molecular weight excluding hydrogens is 310 g/mol. The maximum Gasteiger partial charge on any atom is 0.256 e. The van der Waals surface area contributed by atoms with Crippen LogP contribution < -0.4 is 5.32 Å². The van der Waals surface area contributed by atoms with Crippen molar-refractivity contribution >= 4 is 17.5 Å². The van der Waals surface area contributed by atoms with Gasteiger partial charge in [-0.25, -0.2) is 0 Å². The molecule has 0 aliphatic rings. The second kappa shape index (κ2) is 7.18. The van der Waals surface area contributed by atoms with E-state index in [9.17, 15) is 4.79 Å². The Morgan fingerprint density at radius 2 is 1.91 bits per heavy atom. The molecule has 4 nitrogen and oxygen atoms in total.